The van der Waals surface area contributed by atoms with Crippen LogP contribution < -0.4 is 11.1 Å². The molecule has 2 rings (SSSR count). The van der Waals surface area contributed by atoms with Crippen molar-refractivity contribution in [2.75, 3.05) is 0 Å². The highest BCUT2D eigenvalue weighted by Crippen LogP contribution is 2.10. The Balaban J connectivity index is 2.16. The molecule has 6 heteroatoms. The second-order valence-electron chi connectivity index (χ2n) is 4.64. The first-order valence-corrected chi connectivity index (χ1v) is 6.60. The number of rotatable bonds is 5. The van der Waals surface area contributed by atoms with Gasteiger partial charge in [0.1, 0.15) is 6.04 Å². The van der Waals surface area contributed by atoms with Crippen LogP contribution in [0.15, 0.2) is 48.8 Å². The highest BCUT2D eigenvalue weighted by atomic mass is 16.2. The lowest BCUT2D eigenvalue weighted by Gasteiger charge is -2.16. The first-order valence-electron chi connectivity index (χ1n) is 6.60. The Morgan fingerprint density at radius 3 is 2.55 bits per heavy atom. The van der Waals surface area contributed by atoms with Gasteiger partial charge in [0.2, 0.25) is 5.91 Å². The minimum Gasteiger partial charge on any atom is -0.368 e. The van der Waals surface area contributed by atoms with Gasteiger partial charge in [0.15, 0.2) is 0 Å². The predicted octanol–water partition coefficient (Wildman–Crippen LogP) is 0.780. The van der Waals surface area contributed by atoms with Gasteiger partial charge in [-0.1, -0.05) is 18.2 Å². The molecule has 0 saturated carbocycles. The minimum absolute atomic E-state index is 0.163. The molecule has 0 radical (unpaired) electrons. The Morgan fingerprint density at radius 1 is 1.23 bits per heavy atom. The normalized spacial score (nSPS) is 11.2. The molecular formula is C16H14N4O2. The maximum Gasteiger partial charge on any atom is 0.252 e. The van der Waals surface area contributed by atoms with E-state index < -0.39 is 17.9 Å². The van der Waals surface area contributed by atoms with Crippen molar-refractivity contribution in [3.8, 4) is 6.07 Å². The predicted molar refractivity (Wildman–Crippen MR) is 79.5 cm³/mol. The Morgan fingerprint density at radius 2 is 1.91 bits per heavy atom. The summed E-state index contributed by atoms with van der Waals surface area (Å²) < 4.78 is 0. The van der Waals surface area contributed by atoms with E-state index >= 15 is 0 Å². The van der Waals surface area contributed by atoms with E-state index in [4.69, 9.17) is 11.0 Å². The van der Waals surface area contributed by atoms with Crippen LogP contribution in [0.3, 0.4) is 0 Å². The van der Waals surface area contributed by atoms with Gasteiger partial charge >= 0.3 is 0 Å². The van der Waals surface area contributed by atoms with E-state index in [2.05, 4.69) is 16.4 Å². The maximum absolute atomic E-state index is 12.1. The molecule has 0 fully saturated rings. The van der Waals surface area contributed by atoms with Crippen LogP contribution in [0.1, 0.15) is 21.5 Å². The lowest BCUT2D eigenvalue weighted by Crippen LogP contribution is -2.46. The van der Waals surface area contributed by atoms with Gasteiger partial charge in [-0.25, -0.2) is 0 Å². The first kappa shape index (κ1) is 15.2. The SMILES string of the molecule is N#Cc1ccccc1C[C@H](NC(=O)c1ccncc1)C(N)=O. The van der Waals surface area contributed by atoms with Crippen LogP contribution in [0, 0.1) is 11.3 Å². The molecule has 1 heterocycles. The fourth-order valence-corrected chi connectivity index (χ4v) is 1.99. The van der Waals surface area contributed by atoms with Crippen LogP contribution in [-0.4, -0.2) is 22.8 Å². The number of aromatic nitrogens is 1. The number of primary amides is 1. The van der Waals surface area contributed by atoms with Crippen molar-refractivity contribution in [3.05, 3.63) is 65.5 Å². The standard InChI is InChI=1S/C16H14N4O2/c17-10-13-4-2-1-3-12(13)9-14(15(18)21)20-16(22)11-5-7-19-8-6-11/h1-8,14H,9H2,(H2,18,21)(H,20,22)/t14-/m0/s1. The lowest BCUT2D eigenvalue weighted by molar-refractivity contribution is -0.119. The molecule has 2 amide bonds. The summed E-state index contributed by atoms with van der Waals surface area (Å²) in [7, 11) is 0. The summed E-state index contributed by atoms with van der Waals surface area (Å²) in [5.74, 6) is -1.07. The number of carbonyl (C=O) groups is 2. The zero-order valence-corrected chi connectivity index (χ0v) is 11.7. The second kappa shape index (κ2) is 6.99. The van der Waals surface area contributed by atoms with Gasteiger partial charge in [0.05, 0.1) is 11.6 Å². The van der Waals surface area contributed by atoms with Gasteiger partial charge in [-0.2, -0.15) is 5.26 Å². The number of carbonyl (C=O) groups excluding carboxylic acids is 2. The molecule has 1 aromatic carbocycles. The number of benzene rings is 1. The number of hydrogen-bond donors (Lipinski definition) is 2. The quantitative estimate of drug-likeness (QED) is 0.849. The number of nitrogens with zero attached hydrogens (tertiary/aromatic N) is 2. The van der Waals surface area contributed by atoms with Gasteiger partial charge in [-0.05, 0) is 23.8 Å². The third kappa shape index (κ3) is 3.67. The maximum atomic E-state index is 12.1. The summed E-state index contributed by atoms with van der Waals surface area (Å²) in [5.41, 5.74) is 6.84. The summed E-state index contributed by atoms with van der Waals surface area (Å²) in [6.45, 7) is 0. The number of nitrogens with one attached hydrogen (secondary N) is 1. The Bertz CT molecular complexity index is 722. The monoisotopic (exact) mass is 294 g/mol. The van der Waals surface area contributed by atoms with Crippen molar-refractivity contribution >= 4 is 11.8 Å². The van der Waals surface area contributed by atoms with E-state index in [0.29, 0.717) is 16.7 Å². The molecule has 1 aromatic heterocycles. The number of nitrogens with two attached hydrogens (primary N) is 1. The molecule has 0 unspecified atom stereocenters. The first-order chi connectivity index (χ1) is 10.6. The lowest BCUT2D eigenvalue weighted by atomic mass is 10.0. The van der Waals surface area contributed by atoms with Crippen LogP contribution in [-0.2, 0) is 11.2 Å². The number of amides is 2. The molecule has 22 heavy (non-hydrogen) atoms. The average Bonchev–Trinajstić information content (AvgIpc) is 2.55. The Kier molecular flexibility index (Phi) is 4.83. The molecular weight excluding hydrogens is 280 g/mol. The third-order valence-electron chi connectivity index (χ3n) is 3.15. The van der Waals surface area contributed by atoms with Crippen LogP contribution >= 0.6 is 0 Å². The van der Waals surface area contributed by atoms with Gasteiger partial charge in [0.25, 0.3) is 5.91 Å². The smallest absolute Gasteiger partial charge is 0.252 e. The molecule has 0 aliphatic heterocycles. The van der Waals surface area contributed by atoms with Crippen LogP contribution in [0.2, 0.25) is 0 Å². The molecule has 110 valence electrons. The Hall–Kier alpha value is -3.20. The van der Waals surface area contributed by atoms with Crippen molar-refractivity contribution in [2.24, 2.45) is 5.73 Å². The van der Waals surface area contributed by atoms with Crippen LogP contribution in [0.25, 0.3) is 0 Å². The fourth-order valence-electron chi connectivity index (χ4n) is 1.99. The topological polar surface area (TPSA) is 109 Å². The largest absolute Gasteiger partial charge is 0.368 e. The molecule has 0 bridgehead atoms. The molecule has 0 spiro atoms. The number of hydrogen-bond acceptors (Lipinski definition) is 4. The third-order valence-corrected chi connectivity index (χ3v) is 3.15. The van der Waals surface area contributed by atoms with Crippen molar-refractivity contribution in [1.29, 1.82) is 5.26 Å². The number of nitriles is 1. The zero-order chi connectivity index (χ0) is 15.9. The summed E-state index contributed by atoms with van der Waals surface area (Å²) in [6.07, 6.45) is 3.13. The van der Waals surface area contributed by atoms with Crippen LogP contribution in [0.5, 0.6) is 0 Å². The zero-order valence-electron chi connectivity index (χ0n) is 11.7. The molecule has 2 aromatic rings. The van der Waals surface area contributed by atoms with Gasteiger partial charge in [-0.15, -0.1) is 0 Å². The molecule has 0 aliphatic rings. The molecule has 3 N–H and O–H groups in total. The summed E-state index contributed by atoms with van der Waals surface area (Å²) in [4.78, 5) is 27.5. The van der Waals surface area contributed by atoms with Gasteiger partial charge in [0, 0.05) is 24.4 Å². The van der Waals surface area contributed by atoms with Crippen LogP contribution in [0.4, 0.5) is 0 Å². The Labute approximate surface area is 127 Å². The highest BCUT2D eigenvalue weighted by Gasteiger charge is 2.20. The molecule has 0 aliphatic carbocycles. The van der Waals surface area contributed by atoms with Gasteiger partial charge in [-0.3, -0.25) is 14.6 Å². The van der Waals surface area contributed by atoms with Gasteiger partial charge < -0.3 is 11.1 Å². The molecule has 1 atom stereocenters. The summed E-state index contributed by atoms with van der Waals surface area (Å²) >= 11 is 0. The minimum atomic E-state index is -0.893. The molecule has 6 nitrogen and oxygen atoms in total. The summed E-state index contributed by atoms with van der Waals surface area (Å²) in [5, 5.41) is 11.7. The van der Waals surface area contributed by atoms with E-state index in [0.717, 1.165) is 0 Å². The van der Waals surface area contributed by atoms with Crippen molar-refractivity contribution in [1.82, 2.24) is 10.3 Å². The van der Waals surface area contributed by atoms with E-state index in [1.807, 2.05) is 0 Å². The van der Waals surface area contributed by atoms with E-state index in [-0.39, 0.29) is 6.42 Å². The van der Waals surface area contributed by atoms with E-state index in [1.54, 1.807) is 24.3 Å². The highest BCUT2D eigenvalue weighted by molar-refractivity contribution is 5.97. The van der Waals surface area contributed by atoms with Crippen molar-refractivity contribution in [2.45, 2.75) is 12.5 Å². The van der Waals surface area contributed by atoms with Crippen molar-refractivity contribution < 1.29 is 9.59 Å². The van der Waals surface area contributed by atoms with Crippen molar-refractivity contribution in [3.63, 3.8) is 0 Å². The average molecular weight is 294 g/mol. The number of pyridine rings is 1. The molecule has 0 saturated heterocycles. The van der Waals surface area contributed by atoms with E-state index in [1.165, 1.54) is 24.5 Å². The summed E-state index contributed by atoms with van der Waals surface area (Å²) in [6, 6.07) is 11.1. The fraction of sp³-hybridized carbons (Fsp3) is 0.125. The second-order valence-corrected chi connectivity index (χ2v) is 4.64. The van der Waals surface area contributed by atoms with E-state index in [9.17, 15) is 9.59 Å².